The van der Waals surface area contributed by atoms with Gasteiger partial charge < -0.3 is 5.32 Å². The third-order valence-corrected chi connectivity index (χ3v) is 6.12. The minimum atomic E-state index is 0.283. The number of thiophene rings is 1. The molecule has 1 heterocycles. The van der Waals surface area contributed by atoms with Gasteiger partial charge in [0, 0.05) is 15.8 Å². The molecule has 2 heteroatoms. The maximum Gasteiger partial charge on any atom is 0.0414 e. The van der Waals surface area contributed by atoms with Crippen molar-refractivity contribution in [1.82, 2.24) is 5.32 Å². The molecule has 1 unspecified atom stereocenters. The molecular weight excluding hydrogens is 262 g/mol. The van der Waals surface area contributed by atoms with Gasteiger partial charge in [-0.05, 0) is 42.9 Å². The fourth-order valence-electron chi connectivity index (χ4n) is 3.24. The summed E-state index contributed by atoms with van der Waals surface area (Å²) in [6.07, 6.45) is 8.57. The van der Waals surface area contributed by atoms with Crippen molar-refractivity contribution in [3.8, 4) is 0 Å². The molecule has 1 aliphatic carbocycles. The molecule has 0 aromatic carbocycles. The Morgan fingerprint density at radius 1 is 1.25 bits per heavy atom. The second-order valence-electron chi connectivity index (χ2n) is 7.29. The van der Waals surface area contributed by atoms with E-state index in [0.29, 0.717) is 6.04 Å². The van der Waals surface area contributed by atoms with E-state index in [4.69, 9.17) is 0 Å². The SMILES string of the molecule is CCNC(CCC1CCCC1)c1ccc(C(C)(C)C)s1. The van der Waals surface area contributed by atoms with Crippen LogP contribution in [-0.4, -0.2) is 6.54 Å². The molecule has 0 amide bonds. The van der Waals surface area contributed by atoms with Gasteiger partial charge in [0.15, 0.2) is 0 Å². The van der Waals surface area contributed by atoms with E-state index >= 15 is 0 Å². The van der Waals surface area contributed by atoms with Gasteiger partial charge in [-0.1, -0.05) is 53.4 Å². The van der Waals surface area contributed by atoms with Gasteiger partial charge in [-0.2, -0.15) is 0 Å². The Morgan fingerprint density at radius 2 is 1.95 bits per heavy atom. The lowest BCUT2D eigenvalue weighted by Gasteiger charge is -2.19. The summed E-state index contributed by atoms with van der Waals surface area (Å²) in [5, 5.41) is 3.70. The third-order valence-electron chi connectivity index (χ3n) is 4.50. The summed E-state index contributed by atoms with van der Waals surface area (Å²) in [7, 11) is 0. The van der Waals surface area contributed by atoms with Gasteiger partial charge in [-0.15, -0.1) is 11.3 Å². The first-order chi connectivity index (χ1) is 9.50. The molecule has 0 bridgehead atoms. The molecule has 1 nitrogen and oxygen atoms in total. The smallest absolute Gasteiger partial charge is 0.0414 e. The molecule has 114 valence electrons. The zero-order chi connectivity index (χ0) is 14.6. The summed E-state index contributed by atoms with van der Waals surface area (Å²) in [4.78, 5) is 3.05. The summed E-state index contributed by atoms with van der Waals surface area (Å²) in [5.74, 6) is 0.998. The van der Waals surface area contributed by atoms with E-state index in [0.717, 1.165) is 12.5 Å². The quantitative estimate of drug-likeness (QED) is 0.713. The first-order valence-corrected chi connectivity index (χ1v) is 9.16. The van der Waals surface area contributed by atoms with Crippen molar-refractivity contribution < 1.29 is 0 Å². The van der Waals surface area contributed by atoms with Crippen molar-refractivity contribution in [2.24, 2.45) is 5.92 Å². The van der Waals surface area contributed by atoms with Gasteiger partial charge in [-0.25, -0.2) is 0 Å². The van der Waals surface area contributed by atoms with Gasteiger partial charge in [0.1, 0.15) is 0 Å². The zero-order valence-corrected chi connectivity index (χ0v) is 14.5. The van der Waals surface area contributed by atoms with Crippen LogP contribution in [0.2, 0.25) is 0 Å². The fourth-order valence-corrected chi connectivity index (χ4v) is 4.41. The lowest BCUT2D eigenvalue weighted by atomic mass is 9.94. The lowest BCUT2D eigenvalue weighted by Crippen LogP contribution is -2.20. The fraction of sp³-hybridized carbons (Fsp3) is 0.778. The van der Waals surface area contributed by atoms with Crippen molar-refractivity contribution in [3.05, 3.63) is 21.9 Å². The highest BCUT2D eigenvalue weighted by Crippen LogP contribution is 2.36. The van der Waals surface area contributed by atoms with Crippen LogP contribution in [0.3, 0.4) is 0 Å². The largest absolute Gasteiger partial charge is 0.310 e. The maximum absolute atomic E-state index is 3.70. The van der Waals surface area contributed by atoms with Crippen LogP contribution >= 0.6 is 11.3 Å². The second-order valence-corrected chi connectivity index (χ2v) is 8.41. The van der Waals surface area contributed by atoms with Crippen LogP contribution in [0.5, 0.6) is 0 Å². The van der Waals surface area contributed by atoms with Crippen LogP contribution in [0.1, 0.15) is 82.0 Å². The van der Waals surface area contributed by atoms with Gasteiger partial charge >= 0.3 is 0 Å². The van der Waals surface area contributed by atoms with Crippen molar-refractivity contribution in [1.29, 1.82) is 0 Å². The molecule has 0 aliphatic heterocycles. The summed E-state index contributed by atoms with van der Waals surface area (Å²) in [6.45, 7) is 10.2. The number of hydrogen-bond donors (Lipinski definition) is 1. The minimum Gasteiger partial charge on any atom is -0.310 e. The van der Waals surface area contributed by atoms with Crippen LogP contribution in [0.25, 0.3) is 0 Å². The monoisotopic (exact) mass is 293 g/mol. The number of hydrogen-bond acceptors (Lipinski definition) is 2. The highest BCUT2D eigenvalue weighted by atomic mass is 32.1. The topological polar surface area (TPSA) is 12.0 Å². The Kier molecular flexibility index (Phi) is 5.68. The molecule has 2 rings (SSSR count). The molecule has 1 fully saturated rings. The third kappa shape index (κ3) is 4.33. The Hall–Kier alpha value is -0.340. The average Bonchev–Trinajstić information content (AvgIpc) is 3.04. The first-order valence-electron chi connectivity index (χ1n) is 8.34. The summed E-state index contributed by atoms with van der Waals surface area (Å²) >= 11 is 2.01. The van der Waals surface area contributed by atoms with Gasteiger partial charge in [-0.3, -0.25) is 0 Å². The van der Waals surface area contributed by atoms with Crippen LogP contribution in [0.15, 0.2) is 12.1 Å². The van der Waals surface area contributed by atoms with E-state index in [1.54, 1.807) is 0 Å². The Morgan fingerprint density at radius 3 is 2.50 bits per heavy atom. The second kappa shape index (κ2) is 7.09. The van der Waals surface area contributed by atoms with Crippen molar-refractivity contribution in [3.63, 3.8) is 0 Å². The predicted octanol–water partition coefficient (Wildman–Crippen LogP) is 5.67. The molecule has 1 aromatic rings. The van der Waals surface area contributed by atoms with Crippen molar-refractivity contribution in [2.45, 2.75) is 77.7 Å². The Labute approximate surface area is 129 Å². The van der Waals surface area contributed by atoms with E-state index in [1.807, 2.05) is 11.3 Å². The normalized spacial score (nSPS) is 18.6. The summed E-state index contributed by atoms with van der Waals surface area (Å²) in [6, 6.07) is 5.26. The standard InChI is InChI=1S/C18H31NS/c1-5-19-15(11-10-14-8-6-7-9-14)16-12-13-17(20-16)18(2,3)4/h12-15,19H,5-11H2,1-4H3. The average molecular weight is 294 g/mol. The molecule has 1 atom stereocenters. The van der Waals surface area contributed by atoms with Crippen LogP contribution in [0, 0.1) is 5.92 Å². The molecule has 0 radical (unpaired) electrons. The molecule has 20 heavy (non-hydrogen) atoms. The van der Waals surface area contributed by atoms with Crippen molar-refractivity contribution >= 4 is 11.3 Å². The summed E-state index contributed by atoms with van der Waals surface area (Å²) in [5.41, 5.74) is 0.283. The van der Waals surface area contributed by atoms with Gasteiger partial charge in [0.05, 0.1) is 0 Å². The van der Waals surface area contributed by atoms with Crippen LogP contribution in [-0.2, 0) is 5.41 Å². The van der Waals surface area contributed by atoms with Crippen LogP contribution in [0.4, 0.5) is 0 Å². The minimum absolute atomic E-state index is 0.283. The molecule has 1 aromatic heterocycles. The Bertz CT molecular complexity index is 396. The van der Waals surface area contributed by atoms with Crippen molar-refractivity contribution in [2.75, 3.05) is 6.54 Å². The predicted molar refractivity (Wildman–Crippen MR) is 90.6 cm³/mol. The Balaban J connectivity index is 1.97. The lowest BCUT2D eigenvalue weighted by molar-refractivity contribution is 0.420. The van der Waals surface area contributed by atoms with E-state index in [-0.39, 0.29) is 5.41 Å². The molecule has 0 spiro atoms. The molecule has 1 saturated carbocycles. The summed E-state index contributed by atoms with van der Waals surface area (Å²) < 4.78 is 0. The van der Waals surface area contributed by atoms with E-state index in [1.165, 1.54) is 48.3 Å². The van der Waals surface area contributed by atoms with Gasteiger partial charge in [0.25, 0.3) is 0 Å². The number of nitrogens with one attached hydrogen (secondary N) is 1. The maximum atomic E-state index is 3.70. The first kappa shape index (κ1) is 16.0. The van der Waals surface area contributed by atoms with E-state index < -0.39 is 0 Å². The molecule has 1 N–H and O–H groups in total. The highest BCUT2D eigenvalue weighted by molar-refractivity contribution is 7.12. The number of rotatable bonds is 6. The van der Waals surface area contributed by atoms with Gasteiger partial charge in [0.2, 0.25) is 0 Å². The molecular formula is C18H31NS. The molecule has 0 saturated heterocycles. The molecule has 1 aliphatic rings. The highest BCUT2D eigenvalue weighted by Gasteiger charge is 2.21. The van der Waals surface area contributed by atoms with E-state index in [9.17, 15) is 0 Å². The van der Waals surface area contributed by atoms with E-state index in [2.05, 4.69) is 45.1 Å². The van der Waals surface area contributed by atoms with Crippen LogP contribution < -0.4 is 5.32 Å². The zero-order valence-electron chi connectivity index (χ0n) is 13.7.